The normalized spacial score (nSPS) is 13.0. The average Bonchev–Trinajstić information content (AvgIpc) is 3.37. The first kappa shape index (κ1) is 22.5. The summed E-state index contributed by atoms with van der Waals surface area (Å²) in [6, 6.07) is 4.53. The highest BCUT2D eigenvalue weighted by molar-refractivity contribution is 5.83. The van der Waals surface area contributed by atoms with Crippen molar-refractivity contribution >= 4 is 11.3 Å². The molecule has 4 aromatic heterocycles. The van der Waals surface area contributed by atoms with Crippen LogP contribution in [0.4, 0.5) is 5.82 Å². The number of nitrogens with one attached hydrogen (secondary N) is 1. The summed E-state index contributed by atoms with van der Waals surface area (Å²) in [5, 5.41) is 8.39. The molecule has 1 fully saturated rings. The first-order chi connectivity index (χ1) is 15.2. The van der Waals surface area contributed by atoms with Gasteiger partial charge in [-0.25, -0.2) is 14.5 Å². The maximum atomic E-state index is 4.86. The van der Waals surface area contributed by atoms with Gasteiger partial charge < -0.3 is 9.88 Å². The van der Waals surface area contributed by atoms with Crippen LogP contribution in [0.2, 0.25) is 0 Å². The second-order valence-corrected chi connectivity index (χ2v) is 7.11. The van der Waals surface area contributed by atoms with Gasteiger partial charge in [0.05, 0.1) is 0 Å². The fraction of sp³-hybridized carbons (Fsp3) is 0.417. The second-order valence-electron chi connectivity index (χ2n) is 7.11. The van der Waals surface area contributed by atoms with E-state index < -0.39 is 0 Å². The Balaban J connectivity index is 0.000000645. The summed E-state index contributed by atoms with van der Waals surface area (Å²) in [6.07, 6.45) is 13.0. The molecule has 0 aromatic carbocycles. The first-order valence-electron chi connectivity index (χ1n) is 11.3. The monoisotopic (exact) mass is 419 g/mol. The van der Waals surface area contributed by atoms with Crippen molar-refractivity contribution in [2.24, 2.45) is 7.05 Å². The third kappa shape index (κ3) is 4.45. The Labute approximate surface area is 184 Å². The molecule has 7 nitrogen and oxygen atoms in total. The standard InChI is InChI=1S/C20H21N7.2C2H6/c1-13-16(14-6-8-21-9-7-14)12-27-17(13)18(23-15-4-3-5-15)24-19(25-27)20-22-10-11-26(20)2;2*1-2/h6-12,15H,3-5H2,1-2H3,(H,23,24,25);2*1-2H3. The van der Waals surface area contributed by atoms with E-state index in [9.17, 15) is 0 Å². The number of nitrogens with zero attached hydrogens (tertiary/aromatic N) is 6. The van der Waals surface area contributed by atoms with Crippen LogP contribution in [0.1, 0.15) is 52.5 Å². The second kappa shape index (κ2) is 10.2. The lowest BCUT2D eigenvalue weighted by Crippen LogP contribution is -2.28. The molecule has 0 aliphatic heterocycles. The molecule has 31 heavy (non-hydrogen) atoms. The van der Waals surface area contributed by atoms with Gasteiger partial charge in [0, 0.05) is 49.6 Å². The summed E-state index contributed by atoms with van der Waals surface area (Å²) in [4.78, 5) is 13.4. The Morgan fingerprint density at radius 3 is 2.32 bits per heavy atom. The Hall–Kier alpha value is -3.22. The van der Waals surface area contributed by atoms with Crippen molar-refractivity contribution in [3.05, 3.63) is 48.7 Å². The zero-order valence-electron chi connectivity index (χ0n) is 19.4. The van der Waals surface area contributed by atoms with Crippen LogP contribution < -0.4 is 5.32 Å². The molecule has 1 aliphatic carbocycles. The van der Waals surface area contributed by atoms with Gasteiger partial charge in [0.2, 0.25) is 5.82 Å². The number of imidazole rings is 1. The molecule has 1 N–H and O–H groups in total. The van der Waals surface area contributed by atoms with Crippen molar-refractivity contribution in [3.63, 3.8) is 0 Å². The zero-order valence-corrected chi connectivity index (χ0v) is 19.4. The minimum Gasteiger partial charge on any atom is -0.365 e. The molecule has 5 rings (SSSR count). The van der Waals surface area contributed by atoms with E-state index in [1.807, 2.05) is 74.5 Å². The third-order valence-corrected chi connectivity index (χ3v) is 5.34. The van der Waals surface area contributed by atoms with Crippen molar-refractivity contribution < 1.29 is 0 Å². The summed E-state index contributed by atoms with van der Waals surface area (Å²) >= 11 is 0. The molecular weight excluding hydrogens is 386 g/mol. The maximum Gasteiger partial charge on any atom is 0.218 e. The fourth-order valence-electron chi connectivity index (χ4n) is 3.58. The minimum absolute atomic E-state index is 0.483. The van der Waals surface area contributed by atoms with Crippen molar-refractivity contribution in [1.82, 2.24) is 29.1 Å². The molecular formula is C24H33N7. The summed E-state index contributed by atoms with van der Waals surface area (Å²) in [5.74, 6) is 2.25. The number of pyridine rings is 1. The van der Waals surface area contributed by atoms with Gasteiger partial charge in [-0.3, -0.25) is 4.98 Å². The van der Waals surface area contributed by atoms with Crippen molar-refractivity contribution in [2.75, 3.05) is 5.32 Å². The van der Waals surface area contributed by atoms with E-state index in [-0.39, 0.29) is 0 Å². The number of fused-ring (bicyclic) bond motifs is 1. The molecule has 0 spiro atoms. The van der Waals surface area contributed by atoms with Gasteiger partial charge >= 0.3 is 0 Å². The van der Waals surface area contributed by atoms with Crippen LogP contribution in [0.3, 0.4) is 0 Å². The molecule has 0 saturated heterocycles. The topological polar surface area (TPSA) is 72.9 Å². The zero-order chi connectivity index (χ0) is 22.4. The molecule has 0 bridgehead atoms. The highest BCUT2D eigenvalue weighted by Gasteiger charge is 2.23. The van der Waals surface area contributed by atoms with Crippen LogP contribution in [0.15, 0.2) is 43.1 Å². The smallest absolute Gasteiger partial charge is 0.218 e. The van der Waals surface area contributed by atoms with E-state index in [1.165, 1.54) is 19.3 Å². The van der Waals surface area contributed by atoms with E-state index in [4.69, 9.17) is 10.1 Å². The van der Waals surface area contributed by atoms with Gasteiger partial charge in [-0.2, -0.15) is 0 Å². The van der Waals surface area contributed by atoms with Crippen molar-refractivity contribution in [3.8, 4) is 22.8 Å². The number of hydrogen-bond acceptors (Lipinski definition) is 5. The maximum absolute atomic E-state index is 4.86. The highest BCUT2D eigenvalue weighted by Crippen LogP contribution is 2.33. The average molecular weight is 420 g/mol. The van der Waals surface area contributed by atoms with Crippen LogP contribution in [0.25, 0.3) is 28.3 Å². The van der Waals surface area contributed by atoms with Gasteiger partial charge in [-0.15, -0.1) is 5.10 Å². The molecule has 0 radical (unpaired) electrons. The van der Waals surface area contributed by atoms with Crippen molar-refractivity contribution in [2.45, 2.75) is 59.9 Å². The summed E-state index contributed by atoms with van der Waals surface area (Å²) < 4.78 is 3.87. The van der Waals surface area contributed by atoms with E-state index >= 15 is 0 Å². The molecule has 0 unspecified atom stereocenters. The highest BCUT2D eigenvalue weighted by atomic mass is 15.3. The number of rotatable bonds is 4. The predicted octanol–water partition coefficient (Wildman–Crippen LogP) is 5.52. The van der Waals surface area contributed by atoms with Gasteiger partial charge in [-0.05, 0) is 49.4 Å². The number of aromatic nitrogens is 6. The van der Waals surface area contributed by atoms with Gasteiger partial charge in [0.25, 0.3) is 0 Å². The number of hydrogen-bond donors (Lipinski definition) is 1. The molecule has 4 heterocycles. The minimum atomic E-state index is 0.483. The molecule has 4 aromatic rings. The fourth-order valence-corrected chi connectivity index (χ4v) is 3.58. The van der Waals surface area contributed by atoms with Crippen molar-refractivity contribution in [1.29, 1.82) is 0 Å². The molecule has 0 atom stereocenters. The lowest BCUT2D eigenvalue weighted by atomic mass is 9.93. The van der Waals surface area contributed by atoms with Crippen LogP contribution in [0, 0.1) is 6.92 Å². The summed E-state index contributed by atoms with van der Waals surface area (Å²) in [6.45, 7) is 10.1. The lowest BCUT2D eigenvalue weighted by molar-refractivity contribution is 0.444. The molecule has 1 saturated carbocycles. The van der Waals surface area contributed by atoms with E-state index in [1.54, 1.807) is 6.20 Å². The van der Waals surface area contributed by atoms with Crippen LogP contribution in [-0.2, 0) is 7.05 Å². The predicted molar refractivity (Wildman–Crippen MR) is 127 cm³/mol. The number of anilines is 1. The SMILES string of the molecule is CC.CC.Cc1c(-c2ccncc2)cn2nc(-c3nccn3C)nc(NC3CCC3)c12. The number of aryl methyl sites for hydroxylation is 2. The molecule has 164 valence electrons. The lowest BCUT2D eigenvalue weighted by Gasteiger charge is -2.27. The Bertz CT molecular complexity index is 1110. The summed E-state index contributed by atoms with van der Waals surface area (Å²) in [5.41, 5.74) is 4.45. The Kier molecular flexibility index (Phi) is 7.39. The molecule has 0 amide bonds. The van der Waals surface area contributed by atoms with Crippen LogP contribution in [0.5, 0.6) is 0 Å². The van der Waals surface area contributed by atoms with E-state index in [0.29, 0.717) is 11.9 Å². The van der Waals surface area contributed by atoms with Crippen LogP contribution in [-0.4, -0.2) is 35.2 Å². The first-order valence-corrected chi connectivity index (χ1v) is 11.3. The van der Waals surface area contributed by atoms with E-state index in [2.05, 4.69) is 28.4 Å². The molecule has 7 heteroatoms. The Morgan fingerprint density at radius 2 is 1.74 bits per heavy atom. The van der Waals surface area contributed by atoms with Gasteiger partial charge in [0.15, 0.2) is 11.6 Å². The summed E-state index contributed by atoms with van der Waals surface area (Å²) in [7, 11) is 1.96. The van der Waals surface area contributed by atoms with Crippen LogP contribution >= 0.6 is 0 Å². The molecule has 1 aliphatic rings. The largest absolute Gasteiger partial charge is 0.365 e. The quantitative estimate of drug-likeness (QED) is 0.472. The Morgan fingerprint density at radius 1 is 1.03 bits per heavy atom. The van der Waals surface area contributed by atoms with Gasteiger partial charge in [0.1, 0.15) is 5.52 Å². The third-order valence-electron chi connectivity index (χ3n) is 5.34. The van der Waals surface area contributed by atoms with E-state index in [0.717, 1.165) is 33.8 Å². The van der Waals surface area contributed by atoms with Gasteiger partial charge in [-0.1, -0.05) is 27.7 Å².